The van der Waals surface area contributed by atoms with Crippen LogP contribution in [0.25, 0.3) is 0 Å². The highest BCUT2D eigenvalue weighted by Crippen LogP contribution is 2.16. The topological polar surface area (TPSA) is 64.3 Å². The van der Waals surface area contributed by atoms with Gasteiger partial charge in [0.2, 0.25) is 0 Å². The number of hydrogen-bond donors (Lipinski definition) is 1. The molecule has 0 radical (unpaired) electrons. The zero-order valence-corrected chi connectivity index (χ0v) is 8.00. The highest BCUT2D eigenvalue weighted by molar-refractivity contribution is 5.75. The lowest BCUT2D eigenvalue weighted by Gasteiger charge is -2.25. The monoisotopic (exact) mass is 206 g/mol. The molecule has 0 aromatic rings. The molecule has 0 aromatic heterocycles. The first-order chi connectivity index (χ1) is 6.31. The van der Waals surface area contributed by atoms with E-state index in [4.69, 9.17) is 10.4 Å². The molecule has 0 spiro atoms. The second-order valence-corrected chi connectivity index (χ2v) is 3.14. The number of nitrogens with zero attached hydrogens (tertiary/aromatic N) is 2. The van der Waals surface area contributed by atoms with E-state index in [0.717, 1.165) is 4.90 Å². The van der Waals surface area contributed by atoms with Crippen molar-refractivity contribution in [1.82, 2.24) is 4.90 Å². The number of rotatable bonds is 5. The van der Waals surface area contributed by atoms with Crippen molar-refractivity contribution in [2.45, 2.75) is 25.3 Å². The van der Waals surface area contributed by atoms with Gasteiger partial charge in [-0.3, -0.25) is 4.90 Å². The van der Waals surface area contributed by atoms with E-state index in [0.29, 0.717) is 0 Å². The summed E-state index contributed by atoms with van der Waals surface area (Å²) in [6.45, 7) is 0.701. The molecule has 0 saturated heterocycles. The molecule has 6 heteroatoms. The van der Waals surface area contributed by atoms with E-state index >= 15 is 0 Å². The molecule has 80 valence electrons. The van der Waals surface area contributed by atoms with E-state index in [9.17, 15) is 13.6 Å². The molecular formula is C8H12F2N2O2. The molecule has 14 heavy (non-hydrogen) atoms. The standard InChI is InChI=1S/C8H12F2N2O2/c1-6(3-4-11)12(2)5-8(9,10)7(13)14/h6H,3,5H2,1-2H3,(H,13,14). The molecule has 0 heterocycles. The lowest BCUT2D eigenvalue weighted by Crippen LogP contribution is -2.43. The normalized spacial score (nSPS) is 13.7. The Balaban J connectivity index is 4.25. The van der Waals surface area contributed by atoms with Gasteiger partial charge < -0.3 is 5.11 Å². The maximum atomic E-state index is 12.7. The van der Waals surface area contributed by atoms with Crippen LogP contribution in [0.4, 0.5) is 8.78 Å². The van der Waals surface area contributed by atoms with Gasteiger partial charge in [-0.25, -0.2) is 4.79 Å². The van der Waals surface area contributed by atoms with Crippen molar-refractivity contribution in [3.63, 3.8) is 0 Å². The van der Waals surface area contributed by atoms with Crippen LogP contribution in [-0.4, -0.2) is 41.5 Å². The summed E-state index contributed by atoms with van der Waals surface area (Å²) >= 11 is 0. The van der Waals surface area contributed by atoms with Gasteiger partial charge in [0, 0.05) is 6.04 Å². The van der Waals surface area contributed by atoms with E-state index < -0.39 is 18.4 Å². The number of nitriles is 1. The van der Waals surface area contributed by atoms with Crippen LogP contribution in [0.1, 0.15) is 13.3 Å². The molecule has 1 N–H and O–H groups in total. The van der Waals surface area contributed by atoms with Crippen LogP contribution >= 0.6 is 0 Å². The largest absolute Gasteiger partial charge is 0.477 e. The third-order valence-electron chi connectivity index (χ3n) is 1.90. The Kier molecular flexibility index (Phi) is 4.44. The minimum atomic E-state index is -3.77. The third-order valence-corrected chi connectivity index (χ3v) is 1.90. The first-order valence-electron chi connectivity index (χ1n) is 3.99. The highest BCUT2D eigenvalue weighted by Gasteiger charge is 2.40. The SMILES string of the molecule is CC(CC#N)N(C)CC(F)(F)C(=O)O. The molecule has 0 aliphatic rings. The van der Waals surface area contributed by atoms with Gasteiger partial charge in [0.15, 0.2) is 0 Å². The molecule has 0 aliphatic carbocycles. The van der Waals surface area contributed by atoms with E-state index in [1.54, 1.807) is 6.92 Å². The van der Waals surface area contributed by atoms with Crippen molar-refractivity contribution < 1.29 is 18.7 Å². The van der Waals surface area contributed by atoms with Crippen molar-refractivity contribution in [1.29, 1.82) is 5.26 Å². The molecule has 0 saturated carbocycles. The van der Waals surface area contributed by atoms with Crippen molar-refractivity contribution in [3.8, 4) is 6.07 Å². The second-order valence-electron chi connectivity index (χ2n) is 3.14. The molecule has 0 aromatic carbocycles. The molecule has 0 amide bonds. The summed E-state index contributed by atoms with van der Waals surface area (Å²) in [4.78, 5) is 11.2. The molecule has 0 aliphatic heterocycles. The Morgan fingerprint density at radius 3 is 2.57 bits per heavy atom. The minimum Gasteiger partial charge on any atom is -0.477 e. The average Bonchev–Trinajstić information content (AvgIpc) is 2.03. The number of aliphatic carboxylic acids is 1. The first kappa shape index (κ1) is 12.8. The molecule has 4 nitrogen and oxygen atoms in total. The van der Waals surface area contributed by atoms with Crippen LogP contribution in [0.3, 0.4) is 0 Å². The van der Waals surface area contributed by atoms with Gasteiger partial charge in [-0.2, -0.15) is 14.0 Å². The molecule has 0 bridgehead atoms. The zero-order chi connectivity index (χ0) is 11.4. The number of hydrogen-bond acceptors (Lipinski definition) is 3. The van der Waals surface area contributed by atoms with Gasteiger partial charge >= 0.3 is 11.9 Å². The molecule has 0 fully saturated rings. The lowest BCUT2D eigenvalue weighted by molar-refractivity contribution is -0.167. The number of halogens is 2. The van der Waals surface area contributed by atoms with Gasteiger partial charge in [0.05, 0.1) is 19.0 Å². The quantitative estimate of drug-likeness (QED) is 0.727. The Morgan fingerprint density at radius 1 is 1.71 bits per heavy atom. The molecule has 0 rings (SSSR count). The smallest absolute Gasteiger partial charge is 0.375 e. The van der Waals surface area contributed by atoms with Crippen LogP contribution in [0, 0.1) is 11.3 Å². The maximum Gasteiger partial charge on any atom is 0.375 e. The van der Waals surface area contributed by atoms with Crippen molar-refractivity contribution in [2.75, 3.05) is 13.6 Å². The van der Waals surface area contributed by atoms with E-state index in [2.05, 4.69) is 0 Å². The first-order valence-corrected chi connectivity index (χ1v) is 3.99. The van der Waals surface area contributed by atoms with Crippen LogP contribution in [0.2, 0.25) is 0 Å². The maximum absolute atomic E-state index is 12.7. The Bertz CT molecular complexity index is 250. The zero-order valence-electron chi connectivity index (χ0n) is 8.00. The summed E-state index contributed by atoms with van der Waals surface area (Å²) < 4.78 is 25.3. The molecule has 1 atom stereocenters. The Hall–Kier alpha value is -1.22. The van der Waals surface area contributed by atoms with E-state index in [-0.39, 0.29) is 12.5 Å². The van der Waals surface area contributed by atoms with Gasteiger partial charge in [-0.15, -0.1) is 0 Å². The summed E-state index contributed by atoms with van der Waals surface area (Å²) in [5.74, 6) is -5.91. The summed E-state index contributed by atoms with van der Waals surface area (Å²) in [5, 5.41) is 16.5. The van der Waals surface area contributed by atoms with Gasteiger partial charge in [0.1, 0.15) is 0 Å². The van der Waals surface area contributed by atoms with E-state index in [1.165, 1.54) is 7.05 Å². The highest BCUT2D eigenvalue weighted by atomic mass is 19.3. The van der Waals surface area contributed by atoms with Crippen LogP contribution in [0.15, 0.2) is 0 Å². The molecule has 1 unspecified atom stereocenters. The predicted octanol–water partition coefficient (Wildman–Crippen LogP) is 0.940. The predicted molar refractivity (Wildman–Crippen MR) is 44.9 cm³/mol. The van der Waals surface area contributed by atoms with Crippen LogP contribution in [-0.2, 0) is 4.79 Å². The van der Waals surface area contributed by atoms with Crippen LogP contribution < -0.4 is 0 Å². The van der Waals surface area contributed by atoms with Crippen LogP contribution in [0.5, 0.6) is 0 Å². The number of carboxylic acids is 1. The van der Waals surface area contributed by atoms with Crippen molar-refractivity contribution >= 4 is 5.97 Å². The fourth-order valence-electron chi connectivity index (χ4n) is 0.825. The minimum absolute atomic E-state index is 0.0895. The average molecular weight is 206 g/mol. The Labute approximate surface area is 80.7 Å². The van der Waals surface area contributed by atoms with Crippen molar-refractivity contribution in [3.05, 3.63) is 0 Å². The number of carboxylic acid groups (broad SMARTS) is 1. The van der Waals surface area contributed by atoms with Gasteiger partial charge in [-0.1, -0.05) is 0 Å². The van der Waals surface area contributed by atoms with Gasteiger partial charge in [-0.05, 0) is 14.0 Å². The summed E-state index contributed by atoms with van der Waals surface area (Å²) in [6, 6.07) is 1.45. The van der Waals surface area contributed by atoms with Crippen molar-refractivity contribution in [2.24, 2.45) is 0 Å². The molecular weight excluding hydrogens is 194 g/mol. The Morgan fingerprint density at radius 2 is 2.21 bits per heavy atom. The summed E-state index contributed by atoms with van der Waals surface area (Å²) in [6.07, 6.45) is 0.0895. The summed E-state index contributed by atoms with van der Waals surface area (Å²) in [5.41, 5.74) is 0. The second kappa shape index (κ2) is 4.86. The summed E-state index contributed by atoms with van der Waals surface area (Å²) in [7, 11) is 1.36. The fraction of sp³-hybridized carbons (Fsp3) is 0.750. The van der Waals surface area contributed by atoms with Gasteiger partial charge in [0.25, 0.3) is 0 Å². The lowest BCUT2D eigenvalue weighted by atomic mass is 10.2. The fourth-order valence-corrected chi connectivity index (χ4v) is 0.825. The number of alkyl halides is 2. The third kappa shape index (κ3) is 3.66. The number of carbonyl (C=O) groups is 1. The van der Waals surface area contributed by atoms with E-state index in [1.807, 2.05) is 6.07 Å².